The number of carboxylic acid groups (broad SMARTS) is 1. The van der Waals surface area contributed by atoms with E-state index < -0.39 is 24.2 Å². The molecule has 0 bridgehead atoms. The molecule has 0 spiro atoms. The molecule has 2 aromatic carbocycles. The van der Waals surface area contributed by atoms with Crippen LogP contribution < -0.4 is 10.6 Å². The van der Waals surface area contributed by atoms with Crippen molar-refractivity contribution in [1.29, 1.82) is 0 Å². The summed E-state index contributed by atoms with van der Waals surface area (Å²) in [6.07, 6.45) is 1.04. The van der Waals surface area contributed by atoms with Crippen molar-refractivity contribution in [1.82, 2.24) is 10.6 Å². The topological polar surface area (TPSA) is 114 Å². The molecule has 2 aromatic rings. The maximum absolute atomic E-state index is 12.8. The Hall–Kier alpha value is -3.39. The number of amides is 2. The van der Waals surface area contributed by atoms with Crippen LogP contribution in [0.4, 0.5) is 4.79 Å². The van der Waals surface area contributed by atoms with Gasteiger partial charge in [-0.1, -0.05) is 48.5 Å². The van der Waals surface area contributed by atoms with E-state index in [2.05, 4.69) is 34.9 Å². The monoisotopic (exact) mass is 452 g/mol. The first-order valence-corrected chi connectivity index (χ1v) is 11.1. The van der Waals surface area contributed by atoms with Crippen LogP contribution in [0, 0.1) is 5.92 Å². The van der Waals surface area contributed by atoms with E-state index >= 15 is 0 Å². The first kappa shape index (κ1) is 22.8. The van der Waals surface area contributed by atoms with E-state index in [4.69, 9.17) is 14.6 Å². The summed E-state index contributed by atoms with van der Waals surface area (Å²) < 4.78 is 10.6. The second-order valence-electron chi connectivity index (χ2n) is 8.63. The van der Waals surface area contributed by atoms with Crippen LogP contribution in [0.1, 0.15) is 36.8 Å². The molecule has 0 aromatic heterocycles. The standard InChI is InChI=1S/C25H28N2O6/c1-25(16-10-11-16,23(30)26-12-13-32-15-22(28)29)27-24(31)33-14-21-19-8-4-2-6-17(19)18-7-3-5-9-20(18)21/h2-9,16,21H,10-15H2,1H3,(H,26,30)(H,27,31)(H,28,29). The highest BCUT2D eigenvalue weighted by molar-refractivity contribution is 5.90. The second-order valence-corrected chi connectivity index (χ2v) is 8.63. The zero-order chi connectivity index (χ0) is 23.4. The van der Waals surface area contributed by atoms with Crippen molar-refractivity contribution in [2.24, 2.45) is 5.92 Å². The zero-order valence-corrected chi connectivity index (χ0v) is 18.5. The molecule has 8 nitrogen and oxygen atoms in total. The molecule has 2 aliphatic rings. The summed E-state index contributed by atoms with van der Waals surface area (Å²) in [7, 11) is 0. The molecule has 1 unspecified atom stereocenters. The minimum Gasteiger partial charge on any atom is -0.480 e. The van der Waals surface area contributed by atoms with Crippen LogP contribution in [0.5, 0.6) is 0 Å². The van der Waals surface area contributed by atoms with Crippen LogP contribution in [0.25, 0.3) is 11.1 Å². The van der Waals surface area contributed by atoms with E-state index in [-0.39, 0.29) is 37.5 Å². The van der Waals surface area contributed by atoms with Crippen molar-refractivity contribution in [3.05, 3.63) is 59.7 Å². The lowest BCUT2D eigenvalue weighted by atomic mass is 9.94. The van der Waals surface area contributed by atoms with Crippen LogP contribution in [-0.4, -0.2) is 55.0 Å². The lowest BCUT2D eigenvalue weighted by molar-refractivity contribution is -0.142. The van der Waals surface area contributed by atoms with Crippen LogP contribution in [-0.2, 0) is 19.1 Å². The molecule has 0 saturated heterocycles. The van der Waals surface area contributed by atoms with Crippen molar-refractivity contribution in [3.8, 4) is 11.1 Å². The fourth-order valence-electron chi connectivity index (χ4n) is 4.43. The Balaban J connectivity index is 1.35. The summed E-state index contributed by atoms with van der Waals surface area (Å²) >= 11 is 0. The molecule has 2 amide bonds. The summed E-state index contributed by atoms with van der Waals surface area (Å²) in [6, 6.07) is 16.2. The van der Waals surface area contributed by atoms with Gasteiger partial charge in [0.05, 0.1) is 6.61 Å². The van der Waals surface area contributed by atoms with Gasteiger partial charge in [-0.25, -0.2) is 9.59 Å². The van der Waals surface area contributed by atoms with Crippen molar-refractivity contribution >= 4 is 18.0 Å². The van der Waals surface area contributed by atoms with Crippen LogP contribution in [0.15, 0.2) is 48.5 Å². The molecular formula is C25H28N2O6. The number of benzene rings is 2. The number of ether oxygens (including phenoxy) is 2. The van der Waals surface area contributed by atoms with Crippen LogP contribution in [0.2, 0.25) is 0 Å². The third kappa shape index (κ3) is 5.01. The predicted molar refractivity (Wildman–Crippen MR) is 121 cm³/mol. The Kier molecular flexibility index (Phi) is 6.65. The summed E-state index contributed by atoms with van der Waals surface area (Å²) in [5, 5.41) is 14.1. The number of carboxylic acids is 1. The number of nitrogens with one attached hydrogen (secondary N) is 2. The van der Waals surface area contributed by atoms with Crippen molar-refractivity contribution in [3.63, 3.8) is 0 Å². The van der Waals surface area contributed by atoms with E-state index in [9.17, 15) is 14.4 Å². The van der Waals surface area contributed by atoms with Gasteiger partial charge in [0.2, 0.25) is 5.91 Å². The molecule has 8 heteroatoms. The molecule has 0 aliphatic heterocycles. The van der Waals surface area contributed by atoms with Gasteiger partial charge in [0.25, 0.3) is 0 Å². The molecule has 1 atom stereocenters. The quantitative estimate of drug-likeness (QED) is 0.478. The molecule has 2 aliphatic carbocycles. The average Bonchev–Trinajstić information content (AvgIpc) is 3.61. The molecule has 3 N–H and O–H groups in total. The van der Waals surface area contributed by atoms with Gasteiger partial charge in [-0.05, 0) is 47.9 Å². The number of hydrogen-bond donors (Lipinski definition) is 3. The van der Waals surface area contributed by atoms with Crippen molar-refractivity contribution in [2.75, 3.05) is 26.4 Å². The number of carbonyl (C=O) groups excluding carboxylic acids is 2. The fraction of sp³-hybridized carbons (Fsp3) is 0.400. The number of rotatable bonds is 10. The van der Waals surface area contributed by atoms with Gasteiger partial charge in [0.1, 0.15) is 18.8 Å². The maximum atomic E-state index is 12.8. The van der Waals surface area contributed by atoms with E-state index in [0.717, 1.165) is 35.1 Å². The normalized spacial score (nSPS) is 16.3. The average molecular weight is 453 g/mol. The van der Waals surface area contributed by atoms with E-state index in [0.29, 0.717) is 0 Å². The molecule has 4 rings (SSSR count). The van der Waals surface area contributed by atoms with Crippen molar-refractivity contribution < 1.29 is 29.0 Å². The van der Waals surface area contributed by atoms with Crippen LogP contribution >= 0.6 is 0 Å². The lowest BCUT2D eigenvalue weighted by Gasteiger charge is -2.29. The first-order chi connectivity index (χ1) is 15.9. The Morgan fingerprint density at radius 3 is 2.21 bits per heavy atom. The third-order valence-corrected chi connectivity index (χ3v) is 6.33. The van der Waals surface area contributed by atoms with Gasteiger partial charge in [-0.3, -0.25) is 4.79 Å². The molecule has 1 fully saturated rings. The highest BCUT2D eigenvalue weighted by atomic mass is 16.5. The Bertz CT molecular complexity index is 1010. The lowest BCUT2D eigenvalue weighted by Crippen LogP contribution is -2.59. The summed E-state index contributed by atoms with van der Waals surface area (Å²) in [4.78, 5) is 36.0. The molecule has 174 valence electrons. The van der Waals surface area contributed by atoms with E-state index in [1.54, 1.807) is 6.92 Å². The zero-order valence-electron chi connectivity index (χ0n) is 18.5. The molecular weight excluding hydrogens is 424 g/mol. The Morgan fingerprint density at radius 2 is 1.64 bits per heavy atom. The van der Waals surface area contributed by atoms with Gasteiger partial charge in [-0.2, -0.15) is 0 Å². The number of alkyl carbamates (subject to hydrolysis) is 1. The van der Waals surface area contributed by atoms with Gasteiger partial charge < -0.3 is 25.2 Å². The fourth-order valence-corrected chi connectivity index (χ4v) is 4.43. The molecule has 0 radical (unpaired) electrons. The van der Waals surface area contributed by atoms with Crippen LogP contribution in [0.3, 0.4) is 0 Å². The SMILES string of the molecule is CC(NC(=O)OCC1c2ccccc2-c2ccccc21)(C(=O)NCCOCC(=O)O)C1CC1. The number of aliphatic carboxylic acids is 1. The van der Waals surface area contributed by atoms with Gasteiger partial charge in [-0.15, -0.1) is 0 Å². The number of fused-ring (bicyclic) bond motifs is 3. The molecule has 33 heavy (non-hydrogen) atoms. The summed E-state index contributed by atoms with van der Waals surface area (Å²) in [6.45, 7) is 1.67. The minimum atomic E-state index is -1.10. The largest absolute Gasteiger partial charge is 0.480 e. The Morgan fingerprint density at radius 1 is 1.03 bits per heavy atom. The highest BCUT2D eigenvalue weighted by Crippen LogP contribution is 2.44. The Labute approximate surface area is 192 Å². The van der Waals surface area contributed by atoms with E-state index in [1.807, 2.05) is 24.3 Å². The summed E-state index contributed by atoms with van der Waals surface area (Å²) in [5.41, 5.74) is 3.44. The van der Waals surface area contributed by atoms with Gasteiger partial charge in [0.15, 0.2) is 0 Å². The maximum Gasteiger partial charge on any atom is 0.408 e. The van der Waals surface area contributed by atoms with Crippen molar-refractivity contribution in [2.45, 2.75) is 31.2 Å². The van der Waals surface area contributed by atoms with Gasteiger partial charge >= 0.3 is 12.1 Å². The highest BCUT2D eigenvalue weighted by Gasteiger charge is 2.48. The third-order valence-electron chi connectivity index (χ3n) is 6.33. The molecule has 1 saturated carbocycles. The first-order valence-electron chi connectivity index (χ1n) is 11.1. The smallest absolute Gasteiger partial charge is 0.408 e. The summed E-state index contributed by atoms with van der Waals surface area (Å²) in [5.74, 6) is -1.44. The minimum absolute atomic E-state index is 0.0259. The predicted octanol–water partition coefficient (Wildman–Crippen LogP) is 2.91. The van der Waals surface area contributed by atoms with Gasteiger partial charge in [0, 0.05) is 12.5 Å². The van der Waals surface area contributed by atoms with E-state index in [1.165, 1.54) is 0 Å². The number of carbonyl (C=O) groups is 3. The second kappa shape index (κ2) is 9.62. The number of hydrogen-bond acceptors (Lipinski definition) is 5. The molecule has 0 heterocycles.